The third-order valence-electron chi connectivity index (χ3n) is 3.10. The molecular weight excluding hydrogens is 313 g/mol. The number of halogens is 1. The zero-order chi connectivity index (χ0) is 11.2. The molecule has 88 valence electrons. The topological polar surface area (TPSA) is 25.8 Å². The number of hydrogen-bond acceptors (Lipinski definition) is 1. The molecule has 2 nitrogen and oxygen atoms in total. The van der Waals surface area contributed by atoms with Crippen LogP contribution in [0.1, 0.15) is 25.7 Å². The van der Waals surface area contributed by atoms with Gasteiger partial charge >= 0.3 is 0 Å². The highest BCUT2D eigenvalue weighted by Gasteiger charge is 2.16. The maximum atomic E-state index is 5.69. The van der Waals surface area contributed by atoms with Gasteiger partial charge in [-0.3, -0.25) is 0 Å². The summed E-state index contributed by atoms with van der Waals surface area (Å²) < 4.78 is 6.94. The van der Waals surface area contributed by atoms with E-state index >= 15 is 0 Å². The molecule has 1 aliphatic rings. The normalized spacial score (nSPS) is 16.6. The SMILES string of the molecule is Ic1ccc(OCC[NH2+]C2CCCC2)cc1. The molecule has 0 saturated heterocycles. The Morgan fingerprint density at radius 2 is 1.88 bits per heavy atom. The minimum atomic E-state index is 0.817. The lowest BCUT2D eigenvalue weighted by Gasteiger charge is -2.09. The molecule has 0 unspecified atom stereocenters. The van der Waals surface area contributed by atoms with E-state index in [1.807, 2.05) is 12.1 Å². The Kier molecular flexibility index (Phi) is 4.91. The van der Waals surface area contributed by atoms with Crippen LogP contribution in [-0.2, 0) is 0 Å². The molecule has 3 heteroatoms. The van der Waals surface area contributed by atoms with Crippen molar-refractivity contribution in [1.82, 2.24) is 0 Å². The van der Waals surface area contributed by atoms with Crippen molar-refractivity contribution in [2.45, 2.75) is 31.7 Å². The molecule has 0 atom stereocenters. The van der Waals surface area contributed by atoms with Gasteiger partial charge in [-0.05, 0) is 72.5 Å². The summed E-state index contributed by atoms with van der Waals surface area (Å²) in [7, 11) is 0. The summed E-state index contributed by atoms with van der Waals surface area (Å²) in [5.74, 6) is 0.986. The molecule has 0 amide bonds. The second kappa shape index (κ2) is 6.45. The number of hydrogen-bond donors (Lipinski definition) is 1. The van der Waals surface area contributed by atoms with Gasteiger partial charge in [0.1, 0.15) is 18.9 Å². The molecule has 0 aliphatic heterocycles. The Balaban J connectivity index is 1.62. The Morgan fingerprint density at radius 3 is 2.56 bits per heavy atom. The molecule has 1 aromatic rings. The number of ether oxygens (including phenoxy) is 1. The third kappa shape index (κ3) is 3.94. The minimum Gasteiger partial charge on any atom is -0.488 e. The molecule has 0 radical (unpaired) electrons. The fourth-order valence-corrected chi connectivity index (χ4v) is 2.56. The van der Waals surface area contributed by atoms with E-state index in [0.29, 0.717) is 0 Å². The van der Waals surface area contributed by atoms with Crippen LogP contribution in [0.3, 0.4) is 0 Å². The van der Waals surface area contributed by atoms with E-state index in [0.717, 1.165) is 24.9 Å². The van der Waals surface area contributed by atoms with Crippen molar-refractivity contribution in [3.05, 3.63) is 27.8 Å². The summed E-state index contributed by atoms with van der Waals surface area (Å²) in [5.41, 5.74) is 0. The van der Waals surface area contributed by atoms with Crippen molar-refractivity contribution in [1.29, 1.82) is 0 Å². The molecule has 1 saturated carbocycles. The largest absolute Gasteiger partial charge is 0.488 e. The first kappa shape index (κ1) is 12.2. The van der Waals surface area contributed by atoms with Crippen LogP contribution in [0, 0.1) is 3.57 Å². The van der Waals surface area contributed by atoms with E-state index in [1.165, 1.54) is 29.3 Å². The predicted molar refractivity (Wildman–Crippen MR) is 73.7 cm³/mol. The maximum absolute atomic E-state index is 5.69. The molecule has 2 rings (SSSR count). The summed E-state index contributed by atoms with van der Waals surface area (Å²) in [4.78, 5) is 0. The molecule has 1 aliphatic carbocycles. The summed E-state index contributed by atoms with van der Waals surface area (Å²) in [6.45, 7) is 1.90. The van der Waals surface area contributed by atoms with Crippen LogP contribution in [0.2, 0.25) is 0 Å². The Hall–Kier alpha value is -0.290. The van der Waals surface area contributed by atoms with Gasteiger partial charge in [0.25, 0.3) is 0 Å². The second-order valence-electron chi connectivity index (χ2n) is 4.37. The van der Waals surface area contributed by atoms with Gasteiger partial charge in [-0.1, -0.05) is 0 Å². The monoisotopic (exact) mass is 332 g/mol. The Morgan fingerprint density at radius 1 is 1.19 bits per heavy atom. The van der Waals surface area contributed by atoms with Crippen molar-refractivity contribution in [3.8, 4) is 5.75 Å². The fraction of sp³-hybridized carbons (Fsp3) is 0.538. The highest BCUT2D eigenvalue weighted by atomic mass is 127. The summed E-state index contributed by atoms with van der Waals surface area (Å²) in [6.07, 6.45) is 5.62. The molecule has 0 spiro atoms. The first-order valence-electron chi connectivity index (χ1n) is 6.06. The van der Waals surface area contributed by atoms with Crippen molar-refractivity contribution >= 4 is 22.6 Å². The van der Waals surface area contributed by atoms with E-state index in [-0.39, 0.29) is 0 Å². The van der Waals surface area contributed by atoms with Crippen LogP contribution in [0.5, 0.6) is 5.75 Å². The summed E-state index contributed by atoms with van der Waals surface area (Å²) in [5, 5.41) is 2.44. The molecule has 0 heterocycles. The molecule has 1 fully saturated rings. The summed E-state index contributed by atoms with van der Waals surface area (Å²) >= 11 is 2.31. The van der Waals surface area contributed by atoms with E-state index in [1.54, 1.807) is 0 Å². The van der Waals surface area contributed by atoms with Crippen LogP contribution < -0.4 is 10.1 Å². The lowest BCUT2D eigenvalue weighted by molar-refractivity contribution is -0.688. The van der Waals surface area contributed by atoms with Crippen LogP contribution >= 0.6 is 22.6 Å². The van der Waals surface area contributed by atoms with Crippen LogP contribution in [0.4, 0.5) is 0 Å². The van der Waals surface area contributed by atoms with E-state index in [4.69, 9.17) is 4.74 Å². The maximum Gasteiger partial charge on any atom is 0.137 e. The number of rotatable bonds is 5. The highest BCUT2D eigenvalue weighted by molar-refractivity contribution is 14.1. The van der Waals surface area contributed by atoms with Gasteiger partial charge in [0, 0.05) is 3.57 Å². The Bertz CT molecular complexity index is 306. The highest BCUT2D eigenvalue weighted by Crippen LogP contribution is 2.14. The van der Waals surface area contributed by atoms with Crippen molar-refractivity contribution < 1.29 is 10.1 Å². The lowest BCUT2D eigenvalue weighted by atomic mass is 10.2. The van der Waals surface area contributed by atoms with Gasteiger partial charge in [0.05, 0.1) is 6.04 Å². The van der Waals surface area contributed by atoms with Crippen LogP contribution in [0.25, 0.3) is 0 Å². The standard InChI is InChI=1S/C13H18INO/c14-11-5-7-13(8-6-11)16-10-9-15-12-3-1-2-4-12/h5-8,12,15H,1-4,9-10H2/p+1. The number of nitrogens with two attached hydrogens (primary N) is 1. The second-order valence-corrected chi connectivity index (χ2v) is 5.62. The number of benzene rings is 1. The zero-order valence-electron chi connectivity index (χ0n) is 9.49. The van der Waals surface area contributed by atoms with Crippen molar-refractivity contribution in [2.24, 2.45) is 0 Å². The third-order valence-corrected chi connectivity index (χ3v) is 3.82. The lowest BCUT2D eigenvalue weighted by Crippen LogP contribution is -2.90. The van der Waals surface area contributed by atoms with E-state index in [2.05, 4.69) is 40.0 Å². The average molecular weight is 332 g/mol. The molecule has 0 aromatic heterocycles. The zero-order valence-corrected chi connectivity index (χ0v) is 11.7. The number of quaternary nitrogens is 1. The molecule has 0 bridgehead atoms. The molecule has 16 heavy (non-hydrogen) atoms. The van der Waals surface area contributed by atoms with E-state index in [9.17, 15) is 0 Å². The molecule has 1 aromatic carbocycles. The van der Waals surface area contributed by atoms with Gasteiger partial charge in [0.2, 0.25) is 0 Å². The van der Waals surface area contributed by atoms with Gasteiger partial charge in [0.15, 0.2) is 0 Å². The van der Waals surface area contributed by atoms with Crippen LogP contribution in [-0.4, -0.2) is 19.2 Å². The van der Waals surface area contributed by atoms with Gasteiger partial charge in [-0.2, -0.15) is 0 Å². The summed E-state index contributed by atoms with van der Waals surface area (Å²) in [6, 6.07) is 9.10. The predicted octanol–water partition coefficient (Wildman–Crippen LogP) is 2.18. The average Bonchev–Trinajstić information content (AvgIpc) is 2.80. The molecule has 2 N–H and O–H groups in total. The molecular formula is C13H19INO+. The van der Waals surface area contributed by atoms with Crippen molar-refractivity contribution in [2.75, 3.05) is 13.2 Å². The first-order chi connectivity index (χ1) is 7.84. The quantitative estimate of drug-likeness (QED) is 0.649. The fourth-order valence-electron chi connectivity index (χ4n) is 2.20. The smallest absolute Gasteiger partial charge is 0.137 e. The Labute approximate surface area is 111 Å². The van der Waals surface area contributed by atoms with Gasteiger partial charge in [-0.15, -0.1) is 0 Å². The minimum absolute atomic E-state index is 0.817. The first-order valence-corrected chi connectivity index (χ1v) is 7.14. The van der Waals surface area contributed by atoms with Crippen LogP contribution in [0.15, 0.2) is 24.3 Å². The van der Waals surface area contributed by atoms with E-state index < -0.39 is 0 Å². The van der Waals surface area contributed by atoms with Gasteiger partial charge in [-0.25, -0.2) is 0 Å². The van der Waals surface area contributed by atoms with Crippen molar-refractivity contribution in [3.63, 3.8) is 0 Å². The van der Waals surface area contributed by atoms with Gasteiger partial charge < -0.3 is 10.1 Å².